The van der Waals surface area contributed by atoms with Gasteiger partial charge in [-0.2, -0.15) is 0 Å². The summed E-state index contributed by atoms with van der Waals surface area (Å²) in [6, 6.07) is 13.7. The molecule has 0 radical (unpaired) electrons. The minimum absolute atomic E-state index is 0.127. The average Bonchev–Trinajstić information content (AvgIpc) is 3.10. The van der Waals surface area contributed by atoms with Gasteiger partial charge < -0.3 is 10.1 Å². The summed E-state index contributed by atoms with van der Waals surface area (Å²) in [7, 11) is -3.88. The summed E-state index contributed by atoms with van der Waals surface area (Å²) in [5.41, 5.74) is 0.479. The highest BCUT2D eigenvalue weighted by Crippen LogP contribution is 2.31. The Kier molecular flexibility index (Phi) is 5.45. The first-order valence-corrected chi connectivity index (χ1v) is 9.85. The van der Waals surface area contributed by atoms with E-state index in [9.17, 15) is 21.6 Å². The summed E-state index contributed by atoms with van der Waals surface area (Å²) in [5.74, 6) is -0.473. The molecule has 0 saturated carbocycles. The molecule has 0 aromatic heterocycles. The average molecular weight is 400 g/mol. The highest BCUT2D eigenvalue weighted by atomic mass is 32.2. The highest BCUT2D eigenvalue weighted by Gasteiger charge is 2.36. The normalized spacial score (nSPS) is 20.6. The van der Waals surface area contributed by atoms with Crippen molar-refractivity contribution in [1.82, 2.24) is 10.0 Å². The van der Waals surface area contributed by atoms with Gasteiger partial charge in [-0.25, -0.2) is 13.1 Å². The van der Waals surface area contributed by atoms with Crippen molar-refractivity contribution in [2.45, 2.75) is 29.6 Å². The van der Waals surface area contributed by atoms with Crippen LogP contribution in [0, 0.1) is 0 Å². The molecule has 5 nitrogen and oxygen atoms in total. The fourth-order valence-corrected chi connectivity index (χ4v) is 4.28. The van der Waals surface area contributed by atoms with Crippen LogP contribution in [0.5, 0.6) is 5.75 Å². The van der Waals surface area contributed by atoms with Gasteiger partial charge in [0.05, 0.1) is 10.4 Å². The number of hydrogen-bond acceptors (Lipinski definition) is 4. The maximum Gasteiger partial charge on any atom is 0.573 e. The molecule has 146 valence electrons. The molecule has 9 heteroatoms. The van der Waals surface area contributed by atoms with Gasteiger partial charge in [0.15, 0.2) is 0 Å². The maximum atomic E-state index is 12.6. The molecule has 2 aromatic carbocycles. The van der Waals surface area contributed by atoms with Crippen LogP contribution in [0.25, 0.3) is 0 Å². The first-order valence-electron chi connectivity index (χ1n) is 8.36. The molecule has 1 fully saturated rings. The molecular weight excluding hydrogens is 381 g/mol. The second kappa shape index (κ2) is 7.49. The van der Waals surface area contributed by atoms with Gasteiger partial charge in [-0.05, 0) is 49.2 Å². The Labute approximate surface area is 155 Å². The van der Waals surface area contributed by atoms with Crippen LogP contribution in [0.3, 0.4) is 0 Å². The van der Waals surface area contributed by atoms with Crippen LogP contribution in [-0.4, -0.2) is 27.9 Å². The van der Waals surface area contributed by atoms with Crippen LogP contribution in [0.2, 0.25) is 0 Å². The molecule has 1 saturated heterocycles. The zero-order valence-electron chi connectivity index (χ0n) is 14.3. The minimum Gasteiger partial charge on any atom is -0.406 e. The lowest BCUT2D eigenvalue weighted by Crippen LogP contribution is -2.47. The Balaban J connectivity index is 1.74. The molecule has 1 atom stereocenters. The van der Waals surface area contributed by atoms with E-state index in [2.05, 4.69) is 14.8 Å². The number of alkyl halides is 3. The minimum atomic E-state index is -4.82. The van der Waals surface area contributed by atoms with E-state index in [0.717, 1.165) is 49.2 Å². The fourth-order valence-electron chi connectivity index (χ4n) is 3.18. The number of halogens is 3. The Bertz CT molecular complexity index is 863. The van der Waals surface area contributed by atoms with E-state index in [1.165, 1.54) is 0 Å². The van der Waals surface area contributed by atoms with Gasteiger partial charge in [-0.1, -0.05) is 30.3 Å². The van der Waals surface area contributed by atoms with Crippen molar-refractivity contribution in [3.63, 3.8) is 0 Å². The molecule has 1 aliphatic heterocycles. The number of nitrogens with one attached hydrogen (secondary N) is 2. The van der Waals surface area contributed by atoms with Crippen molar-refractivity contribution < 1.29 is 26.3 Å². The Morgan fingerprint density at radius 1 is 1.07 bits per heavy atom. The lowest BCUT2D eigenvalue weighted by molar-refractivity contribution is -0.274. The molecule has 3 rings (SSSR count). The summed E-state index contributed by atoms with van der Waals surface area (Å²) in [5, 5.41) is 3.37. The zero-order chi connectivity index (χ0) is 19.5. The van der Waals surface area contributed by atoms with Gasteiger partial charge in [0.2, 0.25) is 10.0 Å². The summed E-state index contributed by atoms with van der Waals surface area (Å²) < 4.78 is 68.1. The van der Waals surface area contributed by atoms with Crippen molar-refractivity contribution in [1.29, 1.82) is 0 Å². The Hall–Kier alpha value is -2.10. The standard InChI is InChI=1S/C18H19F3N2O3S/c19-18(20,21)26-15-7-9-16(10-8-15)27(24,25)23-13-17(11-4-12-22-17)14-5-2-1-3-6-14/h1-3,5-10,22-23H,4,11-13H2/t17-/m1/s1. The highest BCUT2D eigenvalue weighted by molar-refractivity contribution is 7.89. The monoisotopic (exact) mass is 400 g/mol. The van der Waals surface area contributed by atoms with Crippen LogP contribution in [0.15, 0.2) is 59.5 Å². The van der Waals surface area contributed by atoms with E-state index in [0.29, 0.717) is 0 Å². The summed E-state index contributed by atoms with van der Waals surface area (Å²) in [6.45, 7) is 0.917. The van der Waals surface area contributed by atoms with Crippen molar-refractivity contribution in [3.8, 4) is 5.75 Å². The van der Waals surface area contributed by atoms with Crippen LogP contribution in [0.1, 0.15) is 18.4 Å². The summed E-state index contributed by atoms with van der Waals surface area (Å²) in [6.07, 6.45) is -3.13. The van der Waals surface area contributed by atoms with Crippen LogP contribution in [-0.2, 0) is 15.6 Å². The van der Waals surface area contributed by atoms with E-state index in [-0.39, 0.29) is 11.4 Å². The number of sulfonamides is 1. The quantitative estimate of drug-likeness (QED) is 0.782. The SMILES string of the molecule is O=S(=O)(NC[C@@]1(c2ccccc2)CCCN1)c1ccc(OC(F)(F)F)cc1. The van der Waals surface area contributed by atoms with Gasteiger partial charge in [-0.3, -0.25) is 0 Å². The smallest absolute Gasteiger partial charge is 0.406 e. The predicted molar refractivity (Wildman–Crippen MR) is 93.7 cm³/mol. The predicted octanol–water partition coefficient (Wildman–Crippen LogP) is 3.14. The molecule has 2 aromatic rings. The van der Waals surface area contributed by atoms with Gasteiger partial charge >= 0.3 is 6.36 Å². The number of benzene rings is 2. The second-order valence-corrected chi connectivity index (χ2v) is 8.09. The number of hydrogen-bond donors (Lipinski definition) is 2. The fraction of sp³-hybridized carbons (Fsp3) is 0.333. The largest absolute Gasteiger partial charge is 0.573 e. The molecular formula is C18H19F3N2O3S. The third-order valence-corrected chi connectivity index (χ3v) is 5.92. The van der Waals surface area contributed by atoms with Crippen molar-refractivity contribution in [3.05, 3.63) is 60.2 Å². The first-order chi connectivity index (χ1) is 12.7. The molecule has 27 heavy (non-hydrogen) atoms. The van der Waals surface area contributed by atoms with Crippen molar-refractivity contribution in [2.24, 2.45) is 0 Å². The third kappa shape index (κ3) is 4.79. The maximum absolute atomic E-state index is 12.6. The van der Waals surface area contributed by atoms with Crippen LogP contribution < -0.4 is 14.8 Å². The second-order valence-electron chi connectivity index (χ2n) is 6.32. The van der Waals surface area contributed by atoms with E-state index in [4.69, 9.17) is 0 Å². The molecule has 1 aliphatic rings. The summed E-state index contributed by atoms with van der Waals surface area (Å²) in [4.78, 5) is -0.127. The van der Waals surface area contributed by atoms with Crippen LogP contribution >= 0.6 is 0 Å². The molecule has 0 unspecified atom stereocenters. The number of ether oxygens (including phenoxy) is 1. The van der Waals surface area contributed by atoms with E-state index in [1.54, 1.807) is 0 Å². The third-order valence-electron chi connectivity index (χ3n) is 4.50. The lowest BCUT2D eigenvalue weighted by Gasteiger charge is -2.30. The first kappa shape index (κ1) is 19.7. The van der Waals surface area contributed by atoms with Gasteiger partial charge in [-0.15, -0.1) is 13.2 Å². The molecule has 0 amide bonds. The molecule has 1 heterocycles. The molecule has 0 bridgehead atoms. The van der Waals surface area contributed by atoms with Crippen LogP contribution in [0.4, 0.5) is 13.2 Å². The van der Waals surface area contributed by atoms with E-state index in [1.807, 2.05) is 30.3 Å². The molecule has 0 aliphatic carbocycles. The molecule has 2 N–H and O–H groups in total. The number of rotatable bonds is 6. The van der Waals surface area contributed by atoms with E-state index >= 15 is 0 Å². The van der Waals surface area contributed by atoms with Crippen molar-refractivity contribution >= 4 is 10.0 Å². The topological polar surface area (TPSA) is 67.4 Å². The van der Waals surface area contributed by atoms with Gasteiger partial charge in [0.25, 0.3) is 0 Å². The Morgan fingerprint density at radius 3 is 2.30 bits per heavy atom. The Morgan fingerprint density at radius 2 is 1.74 bits per heavy atom. The summed E-state index contributed by atoms with van der Waals surface area (Å²) >= 11 is 0. The lowest BCUT2D eigenvalue weighted by atomic mass is 9.88. The van der Waals surface area contributed by atoms with E-state index < -0.39 is 27.7 Å². The van der Waals surface area contributed by atoms with Gasteiger partial charge in [0.1, 0.15) is 5.75 Å². The van der Waals surface area contributed by atoms with Gasteiger partial charge in [0, 0.05) is 6.54 Å². The molecule has 0 spiro atoms. The van der Waals surface area contributed by atoms with Crippen molar-refractivity contribution in [2.75, 3.05) is 13.1 Å². The zero-order valence-corrected chi connectivity index (χ0v) is 15.1.